The number of rotatable bonds is 2. The van der Waals surface area contributed by atoms with E-state index < -0.39 is 16.3 Å². The van der Waals surface area contributed by atoms with Crippen LogP contribution in [0.2, 0.25) is 0 Å². The van der Waals surface area contributed by atoms with Crippen molar-refractivity contribution in [1.29, 1.82) is 0 Å². The second kappa shape index (κ2) is 5.12. The first-order valence-electron chi connectivity index (χ1n) is 5.85. The van der Waals surface area contributed by atoms with Gasteiger partial charge in [0.25, 0.3) is 10.2 Å². The molecule has 0 radical (unpaired) electrons. The highest BCUT2D eigenvalue weighted by molar-refractivity contribution is 7.86. The van der Waals surface area contributed by atoms with E-state index >= 15 is 0 Å². The van der Waals surface area contributed by atoms with Crippen LogP contribution >= 0.6 is 0 Å². The molecule has 7 nitrogen and oxygen atoms in total. The third kappa shape index (κ3) is 3.64. The van der Waals surface area contributed by atoms with Crippen molar-refractivity contribution in [3.63, 3.8) is 0 Å². The average molecular weight is 278 g/mol. The van der Waals surface area contributed by atoms with E-state index in [1.165, 1.54) is 4.31 Å². The number of hydrogen-bond donors (Lipinski definition) is 2. The van der Waals surface area contributed by atoms with Gasteiger partial charge in [-0.25, -0.2) is 5.14 Å². The number of nitrogens with zero attached hydrogens (tertiary/aromatic N) is 2. The summed E-state index contributed by atoms with van der Waals surface area (Å²) in [6.45, 7) is 6.81. The van der Waals surface area contributed by atoms with Gasteiger partial charge in [-0.1, -0.05) is 20.8 Å². The van der Waals surface area contributed by atoms with Crippen LogP contribution in [0, 0.1) is 5.41 Å². The van der Waals surface area contributed by atoms with Crippen LogP contribution in [-0.2, 0) is 15.0 Å². The lowest BCUT2D eigenvalue weighted by molar-refractivity contribution is -0.136. The lowest BCUT2D eigenvalue weighted by atomic mass is 9.86. The van der Waals surface area contributed by atoms with Gasteiger partial charge >= 0.3 is 0 Å². The van der Waals surface area contributed by atoms with Crippen LogP contribution in [0.1, 0.15) is 20.8 Å². The van der Waals surface area contributed by atoms with E-state index in [4.69, 9.17) is 10.9 Å². The Bertz CT molecular complexity index is 407. The van der Waals surface area contributed by atoms with Gasteiger partial charge in [0.1, 0.15) is 0 Å². The van der Waals surface area contributed by atoms with E-state index in [9.17, 15) is 13.2 Å². The van der Waals surface area contributed by atoms with Crippen LogP contribution in [0.25, 0.3) is 0 Å². The van der Waals surface area contributed by atoms with Gasteiger partial charge in [0.05, 0.1) is 6.04 Å². The Morgan fingerprint density at radius 3 is 1.94 bits per heavy atom. The fraction of sp³-hybridized carbons (Fsp3) is 0.900. The molecule has 0 aromatic carbocycles. The summed E-state index contributed by atoms with van der Waals surface area (Å²) in [5.74, 6) is -0.142. The molecule has 0 unspecified atom stereocenters. The molecule has 0 aromatic heterocycles. The molecular formula is C10H22N4O3S. The molecule has 1 amide bonds. The van der Waals surface area contributed by atoms with Gasteiger partial charge in [-0.2, -0.15) is 12.7 Å². The third-order valence-corrected chi connectivity index (χ3v) is 4.19. The van der Waals surface area contributed by atoms with Gasteiger partial charge in [-0.3, -0.25) is 4.79 Å². The fourth-order valence-corrected chi connectivity index (χ4v) is 2.40. The smallest absolute Gasteiger partial charge is 0.277 e. The average Bonchev–Trinajstić information content (AvgIpc) is 2.25. The molecule has 1 fully saturated rings. The summed E-state index contributed by atoms with van der Waals surface area (Å²) in [6, 6.07) is -0.585. The summed E-state index contributed by atoms with van der Waals surface area (Å²) >= 11 is 0. The zero-order valence-corrected chi connectivity index (χ0v) is 11.9. The minimum Gasteiger partial charge on any atom is -0.339 e. The minimum absolute atomic E-state index is 0.142. The van der Waals surface area contributed by atoms with Crippen LogP contribution in [0.15, 0.2) is 0 Å². The van der Waals surface area contributed by atoms with Crippen molar-refractivity contribution in [2.45, 2.75) is 26.8 Å². The van der Waals surface area contributed by atoms with Crippen LogP contribution in [-0.4, -0.2) is 55.8 Å². The molecule has 1 aliphatic rings. The van der Waals surface area contributed by atoms with Crippen molar-refractivity contribution in [3.8, 4) is 0 Å². The highest BCUT2D eigenvalue weighted by Crippen LogP contribution is 2.19. The Morgan fingerprint density at radius 1 is 1.17 bits per heavy atom. The van der Waals surface area contributed by atoms with Crippen LogP contribution < -0.4 is 10.9 Å². The molecular weight excluding hydrogens is 256 g/mol. The summed E-state index contributed by atoms with van der Waals surface area (Å²) < 4.78 is 23.4. The second-order valence-corrected chi connectivity index (χ2v) is 7.16. The van der Waals surface area contributed by atoms with Crippen molar-refractivity contribution >= 4 is 16.1 Å². The molecule has 4 N–H and O–H groups in total. The van der Waals surface area contributed by atoms with Crippen LogP contribution in [0.3, 0.4) is 0 Å². The first-order valence-corrected chi connectivity index (χ1v) is 7.36. The number of amides is 1. The van der Waals surface area contributed by atoms with Gasteiger partial charge in [0.2, 0.25) is 5.91 Å². The van der Waals surface area contributed by atoms with Crippen LogP contribution in [0.4, 0.5) is 0 Å². The molecule has 1 rings (SSSR count). The Labute approximate surface area is 108 Å². The van der Waals surface area contributed by atoms with Crippen LogP contribution in [0.5, 0.6) is 0 Å². The first kappa shape index (κ1) is 15.4. The number of piperazine rings is 1. The van der Waals surface area contributed by atoms with E-state index in [1.54, 1.807) is 4.90 Å². The Balaban J connectivity index is 2.61. The summed E-state index contributed by atoms with van der Waals surface area (Å²) in [5, 5.41) is 5.03. The van der Waals surface area contributed by atoms with Crippen molar-refractivity contribution in [2.75, 3.05) is 26.2 Å². The van der Waals surface area contributed by atoms with Crippen molar-refractivity contribution in [2.24, 2.45) is 16.3 Å². The zero-order valence-electron chi connectivity index (χ0n) is 11.1. The lowest BCUT2D eigenvalue weighted by Gasteiger charge is -2.37. The maximum atomic E-state index is 12.1. The molecule has 18 heavy (non-hydrogen) atoms. The van der Waals surface area contributed by atoms with Gasteiger partial charge in [0.15, 0.2) is 0 Å². The molecule has 0 aromatic rings. The standard InChI is InChI=1S/C10H22N4O3S/c1-10(2,3)8(11)9(15)13-4-6-14(7-5-13)18(12,16)17/h8H,4-7,11H2,1-3H3,(H2,12,16,17)/t8-/m1/s1. The highest BCUT2D eigenvalue weighted by atomic mass is 32.2. The predicted octanol–water partition coefficient (Wildman–Crippen LogP) is -1.29. The minimum atomic E-state index is -3.66. The quantitative estimate of drug-likeness (QED) is 0.654. The van der Waals surface area contributed by atoms with E-state index in [0.717, 1.165) is 0 Å². The third-order valence-electron chi connectivity index (χ3n) is 3.11. The highest BCUT2D eigenvalue weighted by Gasteiger charge is 2.33. The van der Waals surface area contributed by atoms with E-state index in [2.05, 4.69) is 0 Å². The number of hydrogen-bond acceptors (Lipinski definition) is 4. The lowest BCUT2D eigenvalue weighted by Crippen LogP contribution is -2.57. The SMILES string of the molecule is CC(C)(C)[C@H](N)C(=O)N1CCN(S(N)(=O)=O)CC1. The predicted molar refractivity (Wildman–Crippen MR) is 68.7 cm³/mol. The van der Waals surface area contributed by atoms with Gasteiger partial charge in [-0.05, 0) is 5.41 Å². The molecule has 0 spiro atoms. The Kier molecular flexibility index (Phi) is 4.37. The molecule has 1 atom stereocenters. The zero-order chi connectivity index (χ0) is 14.1. The molecule has 0 saturated carbocycles. The van der Waals surface area contributed by atoms with Gasteiger partial charge < -0.3 is 10.6 Å². The maximum Gasteiger partial charge on any atom is 0.277 e. The van der Waals surface area contributed by atoms with Crippen molar-refractivity contribution in [1.82, 2.24) is 9.21 Å². The molecule has 106 valence electrons. The summed E-state index contributed by atoms with van der Waals surface area (Å²) in [5.41, 5.74) is 5.59. The summed E-state index contributed by atoms with van der Waals surface area (Å²) in [7, 11) is -3.66. The largest absolute Gasteiger partial charge is 0.339 e. The molecule has 1 saturated heterocycles. The summed E-state index contributed by atoms with van der Waals surface area (Å²) in [4.78, 5) is 13.7. The monoisotopic (exact) mass is 278 g/mol. The molecule has 0 bridgehead atoms. The van der Waals surface area contributed by atoms with E-state index in [0.29, 0.717) is 13.1 Å². The van der Waals surface area contributed by atoms with Gasteiger partial charge in [0, 0.05) is 26.2 Å². The number of carbonyl (C=O) groups excluding carboxylic acids is 1. The normalized spacial score (nSPS) is 20.8. The maximum absolute atomic E-state index is 12.1. The topological polar surface area (TPSA) is 110 Å². The van der Waals surface area contributed by atoms with E-state index in [-0.39, 0.29) is 24.4 Å². The molecule has 0 aliphatic carbocycles. The van der Waals surface area contributed by atoms with E-state index in [1.807, 2.05) is 20.8 Å². The molecule has 8 heteroatoms. The second-order valence-electron chi connectivity index (χ2n) is 5.61. The first-order chi connectivity index (χ1) is 8.03. The number of carbonyl (C=O) groups is 1. The van der Waals surface area contributed by atoms with Crippen molar-refractivity contribution < 1.29 is 13.2 Å². The van der Waals surface area contributed by atoms with Gasteiger partial charge in [-0.15, -0.1) is 0 Å². The Morgan fingerprint density at radius 2 is 1.61 bits per heavy atom. The van der Waals surface area contributed by atoms with Crippen molar-refractivity contribution in [3.05, 3.63) is 0 Å². The number of nitrogens with two attached hydrogens (primary N) is 2. The molecule has 1 heterocycles. The summed E-state index contributed by atoms with van der Waals surface area (Å²) in [6.07, 6.45) is 0. The Hall–Kier alpha value is -0.700. The molecule has 1 aliphatic heterocycles. The fourth-order valence-electron chi connectivity index (χ4n) is 1.73.